The van der Waals surface area contributed by atoms with Crippen molar-refractivity contribution in [1.82, 2.24) is 20.5 Å². The van der Waals surface area contributed by atoms with Crippen molar-refractivity contribution < 1.29 is 4.79 Å². The van der Waals surface area contributed by atoms with Gasteiger partial charge < -0.3 is 11.1 Å². The highest BCUT2D eigenvalue weighted by Gasteiger charge is 2.08. The van der Waals surface area contributed by atoms with E-state index >= 15 is 0 Å². The van der Waals surface area contributed by atoms with Crippen LogP contribution in [0.25, 0.3) is 0 Å². The number of hydrogen-bond donors (Lipinski definition) is 3. The van der Waals surface area contributed by atoms with Crippen LogP contribution in [-0.2, 0) is 5.75 Å². The van der Waals surface area contributed by atoms with E-state index in [-0.39, 0.29) is 11.9 Å². The molecule has 0 radical (unpaired) electrons. The highest BCUT2D eigenvalue weighted by molar-refractivity contribution is 7.98. The van der Waals surface area contributed by atoms with Crippen LogP contribution >= 0.6 is 11.8 Å². The monoisotopic (exact) mass is 291 g/mol. The van der Waals surface area contributed by atoms with Crippen molar-refractivity contribution in [2.24, 2.45) is 5.73 Å². The average molecular weight is 291 g/mol. The summed E-state index contributed by atoms with van der Waals surface area (Å²) < 4.78 is 0. The molecule has 0 bridgehead atoms. The Labute approximate surface area is 121 Å². The number of aromatic amines is 1. The van der Waals surface area contributed by atoms with Gasteiger partial charge >= 0.3 is 0 Å². The molecule has 0 fully saturated rings. The average Bonchev–Trinajstić information content (AvgIpc) is 2.98. The molecule has 2 aromatic rings. The minimum Gasteiger partial charge on any atom is -0.348 e. The number of hydrogen-bond acceptors (Lipinski definition) is 5. The van der Waals surface area contributed by atoms with Crippen LogP contribution in [0.4, 0.5) is 0 Å². The third-order valence-electron chi connectivity index (χ3n) is 2.72. The van der Waals surface area contributed by atoms with E-state index in [2.05, 4.69) is 20.5 Å². The lowest BCUT2D eigenvalue weighted by Crippen LogP contribution is -2.37. The minimum absolute atomic E-state index is 0.0239. The van der Waals surface area contributed by atoms with E-state index < -0.39 is 0 Å². The van der Waals surface area contributed by atoms with E-state index in [0.717, 1.165) is 16.5 Å². The van der Waals surface area contributed by atoms with Gasteiger partial charge in [0.1, 0.15) is 6.33 Å². The van der Waals surface area contributed by atoms with Crippen molar-refractivity contribution in [1.29, 1.82) is 0 Å². The molecule has 1 amide bonds. The largest absolute Gasteiger partial charge is 0.348 e. The summed E-state index contributed by atoms with van der Waals surface area (Å²) >= 11 is 1.56. The number of amides is 1. The molecule has 20 heavy (non-hydrogen) atoms. The van der Waals surface area contributed by atoms with Gasteiger partial charge in [0.25, 0.3) is 5.91 Å². The number of thioether (sulfide) groups is 1. The fourth-order valence-electron chi connectivity index (χ4n) is 1.53. The number of carbonyl (C=O) groups is 1. The van der Waals surface area contributed by atoms with E-state index in [9.17, 15) is 4.79 Å². The maximum absolute atomic E-state index is 11.9. The molecule has 0 aliphatic heterocycles. The van der Waals surface area contributed by atoms with Crippen LogP contribution in [0.3, 0.4) is 0 Å². The lowest BCUT2D eigenvalue weighted by Gasteiger charge is -2.11. The Kier molecular flexibility index (Phi) is 5.14. The Hall–Kier alpha value is -1.86. The number of nitrogens with two attached hydrogens (primary N) is 1. The molecule has 0 unspecified atom stereocenters. The molecule has 0 saturated carbocycles. The topological polar surface area (TPSA) is 96.7 Å². The highest BCUT2D eigenvalue weighted by Crippen LogP contribution is 2.18. The van der Waals surface area contributed by atoms with Crippen molar-refractivity contribution in [2.45, 2.75) is 23.9 Å². The molecule has 0 aliphatic rings. The Morgan fingerprint density at radius 1 is 1.45 bits per heavy atom. The van der Waals surface area contributed by atoms with Crippen LogP contribution in [0.2, 0.25) is 0 Å². The van der Waals surface area contributed by atoms with Crippen LogP contribution in [0.5, 0.6) is 0 Å². The van der Waals surface area contributed by atoms with Crippen LogP contribution < -0.4 is 11.1 Å². The second-order valence-electron chi connectivity index (χ2n) is 4.39. The Morgan fingerprint density at radius 3 is 2.80 bits per heavy atom. The maximum Gasteiger partial charge on any atom is 0.251 e. The standard InChI is InChI=1S/C13H17N5OS/c1-9(6-14)17-12(19)11-4-2-10(3-5-11)7-20-13-15-8-16-18-13/h2-5,8-9H,6-7,14H2,1H3,(H,17,19)(H,15,16,18)/t9-/m0/s1. The fourth-order valence-corrected chi connectivity index (χ4v) is 2.27. The number of aromatic nitrogens is 3. The molecule has 0 aliphatic carbocycles. The first kappa shape index (κ1) is 14.5. The number of nitrogens with zero attached hydrogens (tertiary/aromatic N) is 2. The summed E-state index contributed by atoms with van der Waals surface area (Å²) in [6, 6.07) is 7.48. The third-order valence-corrected chi connectivity index (χ3v) is 3.66. The predicted octanol–water partition coefficient (Wildman–Crippen LogP) is 1.17. The molecule has 0 spiro atoms. The molecule has 6 nitrogen and oxygen atoms in total. The molecule has 1 atom stereocenters. The van der Waals surface area contributed by atoms with E-state index in [0.29, 0.717) is 12.1 Å². The number of rotatable bonds is 6. The van der Waals surface area contributed by atoms with E-state index in [1.807, 2.05) is 31.2 Å². The Balaban J connectivity index is 1.90. The number of H-pyrrole nitrogens is 1. The predicted molar refractivity (Wildman–Crippen MR) is 78.4 cm³/mol. The number of benzene rings is 1. The Bertz CT molecular complexity index is 540. The van der Waals surface area contributed by atoms with Gasteiger partial charge in [-0.25, -0.2) is 4.98 Å². The molecule has 2 rings (SSSR count). The van der Waals surface area contributed by atoms with Gasteiger partial charge in [0, 0.05) is 23.9 Å². The first-order valence-corrected chi connectivity index (χ1v) is 7.25. The summed E-state index contributed by atoms with van der Waals surface area (Å²) in [6.45, 7) is 2.30. The summed E-state index contributed by atoms with van der Waals surface area (Å²) in [5, 5.41) is 10.2. The third kappa shape index (κ3) is 4.07. The highest BCUT2D eigenvalue weighted by atomic mass is 32.2. The quantitative estimate of drug-likeness (QED) is 0.694. The van der Waals surface area contributed by atoms with Gasteiger partial charge in [-0.2, -0.15) is 5.10 Å². The zero-order valence-electron chi connectivity index (χ0n) is 11.2. The van der Waals surface area contributed by atoms with Crippen LogP contribution in [-0.4, -0.2) is 33.7 Å². The lowest BCUT2D eigenvalue weighted by atomic mass is 10.1. The van der Waals surface area contributed by atoms with Crippen LogP contribution in [0.1, 0.15) is 22.8 Å². The van der Waals surface area contributed by atoms with Crippen molar-refractivity contribution >= 4 is 17.7 Å². The molecule has 1 aromatic carbocycles. The first-order chi connectivity index (χ1) is 9.69. The summed E-state index contributed by atoms with van der Waals surface area (Å²) in [7, 11) is 0. The second kappa shape index (κ2) is 7.06. The molecular weight excluding hydrogens is 274 g/mol. The smallest absolute Gasteiger partial charge is 0.251 e. The van der Waals surface area contributed by atoms with Crippen molar-refractivity contribution in [3.63, 3.8) is 0 Å². The van der Waals surface area contributed by atoms with E-state index in [1.54, 1.807) is 11.8 Å². The van der Waals surface area contributed by atoms with Gasteiger partial charge in [-0.05, 0) is 24.6 Å². The second-order valence-corrected chi connectivity index (χ2v) is 5.35. The van der Waals surface area contributed by atoms with Crippen molar-refractivity contribution in [3.8, 4) is 0 Å². The summed E-state index contributed by atoms with van der Waals surface area (Å²) in [6.07, 6.45) is 1.48. The van der Waals surface area contributed by atoms with Crippen LogP contribution in [0.15, 0.2) is 35.7 Å². The number of nitrogens with one attached hydrogen (secondary N) is 2. The first-order valence-electron chi connectivity index (χ1n) is 6.27. The van der Waals surface area contributed by atoms with Crippen molar-refractivity contribution in [2.75, 3.05) is 6.54 Å². The van der Waals surface area contributed by atoms with Gasteiger partial charge in [-0.3, -0.25) is 9.89 Å². The lowest BCUT2D eigenvalue weighted by molar-refractivity contribution is 0.0941. The van der Waals surface area contributed by atoms with E-state index in [4.69, 9.17) is 5.73 Å². The van der Waals surface area contributed by atoms with Crippen molar-refractivity contribution in [3.05, 3.63) is 41.7 Å². The van der Waals surface area contributed by atoms with E-state index in [1.165, 1.54) is 6.33 Å². The Morgan fingerprint density at radius 2 is 2.20 bits per heavy atom. The van der Waals surface area contributed by atoms with Gasteiger partial charge in [0.05, 0.1) is 0 Å². The number of carbonyl (C=O) groups excluding carboxylic acids is 1. The SMILES string of the molecule is C[C@@H](CN)NC(=O)c1ccc(CSc2ncn[nH]2)cc1. The summed E-state index contributed by atoms with van der Waals surface area (Å²) in [5.74, 6) is 0.674. The molecule has 0 saturated heterocycles. The zero-order valence-corrected chi connectivity index (χ0v) is 12.0. The summed E-state index contributed by atoms with van der Waals surface area (Å²) in [5.41, 5.74) is 7.23. The molecule has 1 aromatic heterocycles. The van der Waals surface area contributed by atoms with Gasteiger partial charge in [0.2, 0.25) is 0 Å². The zero-order chi connectivity index (χ0) is 14.4. The molecular formula is C13H17N5OS. The molecule has 7 heteroatoms. The fraction of sp³-hybridized carbons (Fsp3) is 0.308. The molecule has 106 valence electrons. The molecule has 1 heterocycles. The minimum atomic E-state index is -0.0996. The maximum atomic E-state index is 11.9. The van der Waals surface area contributed by atoms with Gasteiger partial charge in [0.15, 0.2) is 5.16 Å². The summed E-state index contributed by atoms with van der Waals surface area (Å²) in [4.78, 5) is 15.9. The normalized spacial score (nSPS) is 12.1. The van der Waals surface area contributed by atoms with Crippen LogP contribution in [0, 0.1) is 0 Å². The molecule has 4 N–H and O–H groups in total. The van der Waals surface area contributed by atoms with Gasteiger partial charge in [-0.1, -0.05) is 23.9 Å². The van der Waals surface area contributed by atoms with Gasteiger partial charge in [-0.15, -0.1) is 0 Å².